The molecule has 1 aliphatic heterocycles. The van der Waals surface area contributed by atoms with Crippen LogP contribution in [0.4, 0.5) is 24.5 Å². The molecule has 2 aromatic carbocycles. The minimum atomic E-state index is -4.48. The zero-order chi connectivity index (χ0) is 29.5. The van der Waals surface area contributed by atoms with Gasteiger partial charge in [-0.1, -0.05) is 18.2 Å². The summed E-state index contributed by atoms with van der Waals surface area (Å²) in [6, 6.07) is 11.0. The average Bonchev–Trinajstić information content (AvgIpc) is 3.27. The summed E-state index contributed by atoms with van der Waals surface area (Å²) in [5.41, 5.74) is -0.130. The van der Waals surface area contributed by atoms with E-state index in [2.05, 4.69) is 5.32 Å². The molecule has 1 N–H and O–H groups in total. The van der Waals surface area contributed by atoms with Gasteiger partial charge in [0.15, 0.2) is 0 Å². The Morgan fingerprint density at radius 2 is 1.29 bits per heavy atom. The number of benzene rings is 2. The van der Waals surface area contributed by atoms with Crippen LogP contribution in [-0.2, 0) is 39.4 Å². The number of para-hydroxylation sites is 1. The lowest BCUT2D eigenvalue weighted by Gasteiger charge is -2.14. The molecule has 1 aliphatic rings. The van der Waals surface area contributed by atoms with Gasteiger partial charge in [0.25, 0.3) is 11.8 Å². The first kappa shape index (κ1) is 31.7. The highest BCUT2D eigenvalue weighted by Gasteiger charge is 2.30. The molecule has 3 rings (SSSR count). The fraction of sp³-hybridized carbons (Fsp3) is 0.393. The summed E-state index contributed by atoms with van der Waals surface area (Å²) in [5.74, 6) is -1.33. The van der Waals surface area contributed by atoms with Crippen molar-refractivity contribution in [2.24, 2.45) is 0 Å². The molecule has 0 unspecified atom stereocenters. The number of ether oxygens (including phenoxy) is 5. The van der Waals surface area contributed by atoms with Crippen LogP contribution >= 0.6 is 0 Å². The Bertz CT molecular complexity index is 1170. The quantitative estimate of drug-likeness (QED) is 0.161. The van der Waals surface area contributed by atoms with Crippen LogP contribution in [-0.4, -0.2) is 88.7 Å². The van der Waals surface area contributed by atoms with Crippen molar-refractivity contribution >= 4 is 29.2 Å². The van der Waals surface area contributed by atoms with Crippen molar-refractivity contribution in [3.8, 4) is 0 Å². The van der Waals surface area contributed by atoms with E-state index in [9.17, 15) is 27.6 Å². The first-order chi connectivity index (χ1) is 19.8. The fourth-order valence-electron chi connectivity index (χ4n) is 3.54. The van der Waals surface area contributed by atoms with Crippen LogP contribution in [0.25, 0.3) is 0 Å². The Morgan fingerprint density at radius 3 is 1.90 bits per heavy atom. The van der Waals surface area contributed by atoms with E-state index in [1.807, 2.05) is 0 Å². The van der Waals surface area contributed by atoms with Crippen LogP contribution in [0.15, 0.2) is 60.7 Å². The van der Waals surface area contributed by atoms with E-state index in [4.69, 9.17) is 23.7 Å². The number of nitrogens with zero attached hydrogens (tertiary/aromatic N) is 1. The minimum absolute atomic E-state index is 0.0174. The van der Waals surface area contributed by atoms with E-state index in [1.54, 1.807) is 18.2 Å². The van der Waals surface area contributed by atoms with Crippen LogP contribution in [0.3, 0.4) is 0 Å². The van der Waals surface area contributed by atoms with Gasteiger partial charge in [-0.3, -0.25) is 14.5 Å². The maximum Gasteiger partial charge on any atom is 0.416 e. The molecular formula is C28H31F3N2O8. The van der Waals surface area contributed by atoms with E-state index in [-0.39, 0.29) is 56.0 Å². The van der Waals surface area contributed by atoms with Gasteiger partial charge in [-0.15, -0.1) is 0 Å². The molecule has 1 heterocycles. The predicted molar refractivity (Wildman–Crippen MR) is 141 cm³/mol. The molecule has 2 amide bonds. The highest BCUT2D eigenvalue weighted by atomic mass is 19.4. The maximum atomic E-state index is 13.0. The number of hydrogen-bond donors (Lipinski definition) is 1. The zero-order valence-corrected chi connectivity index (χ0v) is 22.2. The molecule has 0 saturated heterocycles. The monoisotopic (exact) mass is 580 g/mol. The normalized spacial score (nSPS) is 13.2. The van der Waals surface area contributed by atoms with Gasteiger partial charge < -0.3 is 29.0 Å². The second kappa shape index (κ2) is 16.5. The third-order valence-electron chi connectivity index (χ3n) is 5.55. The van der Waals surface area contributed by atoms with Gasteiger partial charge in [-0.2, -0.15) is 13.2 Å². The van der Waals surface area contributed by atoms with Crippen LogP contribution in [0.2, 0.25) is 0 Å². The number of carbonyl (C=O) groups is 3. The Morgan fingerprint density at radius 1 is 0.732 bits per heavy atom. The number of anilines is 2. The number of alkyl halides is 3. The van der Waals surface area contributed by atoms with Crippen molar-refractivity contribution in [3.63, 3.8) is 0 Å². The van der Waals surface area contributed by atoms with E-state index >= 15 is 0 Å². The van der Waals surface area contributed by atoms with Crippen molar-refractivity contribution < 1.29 is 51.2 Å². The second-order valence-corrected chi connectivity index (χ2v) is 8.50. The molecule has 0 aliphatic carbocycles. The number of nitrogens with one attached hydrogen (secondary N) is 1. The van der Waals surface area contributed by atoms with Gasteiger partial charge in [0.2, 0.25) is 0 Å². The molecular weight excluding hydrogens is 549 g/mol. The van der Waals surface area contributed by atoms with E-state index in [0.717, 1.165) is 17.0 Å². The number of amides is 2. The number of halogens is 3. The summed E-state index contributed by atoms with van der Waals surface area (Å²) >= 11 is 0. The lowest BCUT2D eigenvalue weighted by atomic mass is 10.1. The van der Waals surface area contributed by atoms with Crippen LogP contribution in [0.5, 0.6) is 0 Å². The van der Waals surface area contributed by atoms with Crippen LogP contribution in [0, 0.1) is 0 Å². The number of esters is 1. The molecule has 0 spiro atoms. The van der Waals surface area contributed by atoms with Crippen molar-refractivity contribution in [3.05, 3.63) is 71.8 Å². The fourth-order valence-corrected chi connectivity index (χ4v) is 3.54. The van der Waals surface area contributed by atoms with E-state index in [1.165, 1.54) is 30.4 Å². The molecule has 2 aromatic rings. The Kier molecular flexibility index (Phi) is 12.8. The SMILES string of the molecule is O=C(OCCOCCOCCOCCOCCN1C(=O)C=CC1=O)c1ccccc1Nc1cccc(C(F)(F)F)c1. The Balaban J connectivity index is 1.20. The molecule has 10 nitrogen and oxygen atoms in total. The van der Waals surface area contributed by atoms with Crippen LogP contribution < -0.4 is 5.32 Å². The lowest BCUT2D eigenvalue weighted by molar-refractivity contribution is -0.138. The van der Waals surface area contributed by atoms with Crippen molar-refractivity contribution in [2.45, 2.75) is 6.18 Å². The highest BCUT2D eigenvalue weighted by molar-refractivity contribution is 6.12. The number of imide groups is 1. The molecule has 222 valence electrons. The molecule has 0 bridgehead atoms. The average molecular weight is 581 g/mol. The summed E-state index contributed by atoms with van der Waals surface area (Å²) in [5, 5.41) is 2.84. The minimum Gasteiger partial charge on any atom is -0.460 e. The highest BCUT2D eigenvalue weighted by Crippen LogP contribution is 2.32. The third kappa shape index (κ3) is 11.0. The first-order valence-electron chi connectivity index (χ1n) is 12.8. The van der Waals surface area contributed by atoms with Gasteiger partial charge in [-0.25, -0.2) is 4.79 Å². The van der Waals surface area contributed by atoms with Gasteiger partial charge in [-0.05, 0) is 30.3 Å². The molecule has 0 fully saturated rings. The predicted octanol–water partition coefficient (Wildman–Crippen LogP) is 3.60. The largest absolute Gasteiger partial charge is 0.460 e. The molecule has 0 saturated carbocycles. The summed E-state index contributed by atoms with van der Waals surface area (Å²) in [7, 11) is 0. The van der Waals surface area contributed by atoms with Gasteiger partial charge in [0.05, 0.1) is 76.2 Å². The van der Waals surface area contributed by atoms with Crippen LogP contribution in [0.1, 0.15) is 15.9 Å². The van der Waals surface area contributed by atoms with Gasteiger partial charge in [0, 0.05) is 17.8 Å². The maximum absolute atomic E-state index is 13.0. The number of rotatable bonds is 18. The molecule has 0 atom stereocenters. The summed E-state index contributed by atoms with van der Waals surface area (Å²) in [6.07, 6.45) is -2.03. The molecule has 0 radical (unpaired) electrons. The van der Waals surface area contributed by atoms with Gasteiger partial charge in [0.1, 0.15) is 6.61 Å². The zero-order valence-electron chi connectivity index (χ0n) is 22.2. The smallest absolute Gasteiger partial charge is 0.416 e. The summed E-state index contributed by atoms with van der Waals surface area (Å²) in [6.45, 7) is 2.48. The Labute approximate surface area is 234 Å². The van der Waals surface area contributed by atoms with Crippen molar-refractivity contribution in [1.82, 2.24) is 4.90 Å². The topological polar surface area (TPSA) is 113 Å². The first-order valence-corrected chi connectivity index (χ1v) is 12.8. The van der Waals surface area contributed by atoms with Crippen molar-refractivity contribution in [1.29, 1.82) is 0 Å². The molecule has 0 aromatic heterocycles. The summed E-state index contributed by atoms with van der Waals surface area (Å²) < 4.78 is 65.7. The molecule has 41 heavy (non-hydrogen) atoms. The summed E-state index contributed by atoms with van der Waals surface area (Å²) in [4.78, 5) is 36.4. The second-order valence-electron chi connectivity index (χ2n) is 8.50. The molecule has 13 heteroatoms. The number of hydrogen-bond acceptors (Lipinski definition) is 9. The third-order valence-corrected chi connectivity index (χ3v) is 5.55. The number of carbonyl (C=O) groups excluding carboxylic acids is 3. The van der Waals surface area contributed by atoms with Crippen molar-refractivity contribution in [2.75, 3.05) is 71.3 Å². The lowest BCUT2D eigenvalue weighted by Crippen LogP contribution is -2.33. The van der Waals surface area contributed by atoms with Gasteiger partial charge >= 0.3 is 12.1 Å². The van der Waals surface area contributed by atoms with E-state index in [0.29, 0.717) is 38.7 Å². The standard InChI is InChI=1S/C28H31F3N2O8/c29-28(30,31)21-4-3-5-22(20-21)32-24-7-2-1-6-23(24)27(36)41-19-18-40-17-16-39-15-14-38-13-12-37-11-10-33-25(34)8-9-26(33)35/h1-9,20,32H,10-19H2. The van der Waals surface area contributed by atoms with E-state index < -0.39 is 17.7 Å². The Hall–Kier alpha value is -3.78.